The van der Waals surface area contributed by atoms with Gasteiger partial charge in [0.15, 0.2) is 5.72 Å². The molecule has 1 heterocycles. The van der Waals surface area contributed by atoms with Crippen LogP contribution in [0.4, 0.5) is 0 Å². The van der Waals surface area contributed by atoms with Gasteiger partial charge in [0, 0.05) is 23.3 Å². The lowest BCUT2D eigenvalue weighted by Gasteiger charge is -2.31. The van der Waals surface area contributed by atoms with Crippen molar-refractivity contribution in [3.8, 4) is 0 Å². The first-order valence-corrected chi connectivity index (χ1v) is 9.05. The average Bonchev–Trinajstić information content (AvgIpc) is 2.99. The van der Waals surface area contributed by atoms with Crippen molar-refractivity contribution in [3.05, 3.63) is 71.3 Å². The van der Waals surface area contributed by atoms with E-state index in [2.05, 4.69) is 25.9 Å². The highest BCUT2D eigenvalue weighted by Crippen LogP contribution is 2.37. The van der Waals surface area contributed by atoms with E-state index in [9.17, 15) is 9.90 Å². The number of nitrogens with zero attached hydrogens (tertiary/aromatic N) is 2. The van der Waals surface area contributed by atoms with E-state index in [1.165, 1.54) is 5.01 Å². The Morgan fingerprint density at radius 1 is 1.12 bits per heavy atom. The molecule has 0 aromatic heterocycles. The standard InChI is InChI=1S/C22H26N2O2/c1-5-19-15-22(26,18-9-7-6-8-10-18)24(23-19)20(25)16-11-13-17(14-12-16)21(2,3)4/h6-14,26H,5,15H2,1-4H3/t22-/m1/s1. The number of carbonyl (C=O) groups is 1. The van der Waals surface area contributed by atoms with Gasteiger partial charge in [-0.2, -0.15) is 10.1 Å². The average molecular weight is 350 g/mol. The first-order chi connectivity index (χ1) is 12.3. The van der Waals surface area contributed by atoms with E-state index in [0.717, 1.165) is 11.3 Å². The number of hydrogen-bond acceptors (Lipinski definition) is 3. The van der Waals surface area contributed by atoms with Gasteiger partial charge in [-0.15, -0.1) is 0 Å². The fraction of sp³-hybridized carbons (Fsp3) is 0.364. The van der Waals surface area contributed by atoms with Crippen molar-refractivity contribution < 1.29 is 9.90 Å². The first-order valence-electron chi connectivity index (χ1n) is 9.05. The molecule has 0 fully saturated rings. The van der Waals surface area contributed by atoms with Gasteiger partial charge in [-0.1, -0.05) is 70.2 Å². The Bertz CT molecular complexity index is 819. The summed E-state index contributed by atoms with van der Waals surface area (Å²) >= 11 is 0. The third-order valence-electron chi connectivity index (χ3n) is 4.88. The van der Waals surface area contributed by atoms with Crippen LogP contribution < -0.4 is 0 Å². The fourth-order valence-electron chi connectivity index (χ4n) is 3.19. The highest BCUT2D eigenvalue weighted by molar-refractivity contribution is 5.98. The van der Waals surface area contributed by atoms with Crippen molar-refractivity contribution in [2.75, 3.05) is 0 Å². The summed E-state index contributed by atoms with van der Waals surface area (Å²) in [5.41, 5.74) is 1.75. The highest BCUT2D eigenvalue weighted by Gasteiger charge is 2.45. The molecule has 2 aromatic rings. The molecule has 0 saturated heterocycles. The van der Waals surface area contributed by atoms with Crippen molar-refractivity contribution in [3.63, 3.8) is 0 Å². The summed E-state index contributed by atoms with van der Waals surface area (Å²) < 4.78 is 0. The van der Waals surface area contributed by atoms with Crippen LogP contribution >= 0.6 is 0 Å². The van der Waals surface area contributed by atoms with Gasteiger partial charge in [0.2, 0.25) is 0 Å². The smallest absolute Gasteiger partial charge is 0.276 e. The maximum Gasteiger partial charge on any atom is 0.276 e. The van der Waals surface area contributed by atoms with E-state index in [4.69, 9.17) is 0 Å². The Morgan fingerprint density at radius 3 is 2.27 bits per heavy atom. The van der Waals surface area contributed by atoms with Gasteiger partial charge in [-0.25, -0.2) is 0 Å². The Labute approximate surface area is 155 Å². The second-order valence-electron chi connectivity index (χ2n) is 7.82. The molecule has 0 bridgehead atoms. The van der Waals surface area contributed by atoms with Crippen molar-refractivity contribution in [2.24, 2.45) is 5.10 Å². The van der Waals surface area contributed by atoms with Crippen LogP contribution in [-0.2, 0) is 11.1 Å². The van der Waals surface area contributed by atoms with Crippen molar-refractivity contribution in [2.45, 2.75) is 51.7 Å². The summed E-state index contributed by atoms with van der Waals surface area (Å²) in [5.74, 6) is -0.291. The van der Waals surface area contributed by atoms with Gasteiger partial charge in [0.25, 0.3) is 5.91 Å². The molecule has 136 valence electrons. The monoisotopic (exact) mass is 350 g/mol. The van der Waals surface area contributed by atoms with Gasteiger partial charge >= 0.3 is 0 Å². The van der Waals surface area contributed by atoms with Crippen LogP contribution in [0.3, 0.4) is 0 Å². The van der Waals surface area contributed by atoms with E-state index in [-0.39, 0.29) is 11.3 Å². The van der Waals surface area contributed by atoms with Gasteiger partial charge in [0.1, 0.15) is 0 Å². The lowest BCUT2D eigenvalue weighted by Crippen LogP contribution is -2.43. The molecule has 0 unspecified atom stereocenters. The minimum absolute atomic E-state index is 0.0214. The second kappa shape index (κ2) is 6.69. The molecule has 1 amide bonds. The number of amides is 1. The minimum atomic E-state index is -1.44. The summed E-state index contributed by atoms with van der Waals surface area (Å²) in [7, 11) is 0. The zero-order chi connectivity index (χ0) is 18.9. The summed E-state index contributed by atoms with van der Waals surface area (Å²) in [6, 6.07) is 16.8. The topological polar surface area (TPSA) is 52.9 Å². The summed E-state index contributed by atoms with van der Waals surface area (Å²) in [6.07, 6.45) is 1.03. The SMILES string of the molecule is CCC1=NN(C(=O)c2ccc(C(C)(C)C)cc2)[C@](O)(c2ccccc2)C1. The number of aliphatic hydroxyl groups is 1. The maximum atomic E-state index is 13.1. The predicted octanol–water partition coefficient (Wildman–Crippen LogP) is 4.44. The highest BCUT2D eigenvalue weighted by atomic mass is 16.3. The number of rotatable bonds is 3. The van der Waals surface area contributed by atoms with Crippen LogP contribution in [0, 0.1) is 0 Å². The van der Waals surface area contributed by atoms with Crippen LogP contribution in [0.1, 0.15) is 62.0 Å². The van der Waals surface area contributed by atoms with E-state index in [1.807, 2.05) is 61.5 Å². The van der Waals surface area contributed by atoms with Crippen molar-refractivity contribution >= 4 is 11.6 Å². The number of carbonyl (C=O) groups excluding carboxylic acids is 1. The quantitative estimate of drug-likeness (QED) is 0.889. The van der Waals surface area contributed by atoms with Crippen LogP contribution in [0.2, 0.25) is 0 Å². The molecule has 0 saturated carbocycles. The van der Waals surface area contributed by atoms with Crippen LogP contribution in [-0.4, -0.2) is 21.7 Å². The zero-order valence-corrected chi connectivity index (χ0v) is 15.9. The molecule has 0 aliphatic carbocycles. The second-order valence-corrected chi connectivity index (χ2v) is 7.82. The lowest BCUT2D eigenvalue weighted by atomic mass is 9.86. The maximum absolute atomic E-state index is 13.1. The molecule has 1 aliphatic heterocycles. The molecule has 4 heteroatoms. The zero-order valence-electron chi connectivity index (χ0n) is 15.9. The summed E-state index contributed by atoms with van der Waals surface area (Å²) in [5, 5.41) is 17.0. The molecule has 2 aromatic carbocycles. The minimum Gasteiger partial charge on any atom is -0.365 e. The van der Waals surface area contributed by atoms with Crippen molar-refractivity contribution in [1.82, 2.24) is 5.01 Å². The van der Waals surface area contributed by atoms with Gasteiger partial charge in [0.05, 0.1) is 0 Å². The number of hydrazone groups is 1. The molecule has 1 atom stereocenters. The van der Waals surface area contributed by atoms with Gasteiger partial charge in [-0.3, -0.25) is 4.79 Å². The molecule has 1 N–H and O–H groups in total. The van der Waals surface area contributed by atoms with Gasteiger partial charge < -0.3 is 5.11 Å². The normalized spacial score (nSPS) is 20.2. The molecule has 1 aliphatic rings. The Balaban J connectivity index is 1.96. The Morgan fingerprint density at radius 2 is 1.73 bits per heavy atom. The lowest BCUT2D eigenvalue weighted by molar-refractivity contribution is -0.0765. The summed E-state index contributed by atoms with van der Waals surface area (Å²) in [6.45, 7) is 8.39. The van der Waals surface area contributed by atoms with Crippen LogP contribution in [0.5, 0.6) is 0 Å². The molecule has 26 heavy (non-hydrogen) atoms. The first kappa shape index (κ1) is 18.3. The Hall–Kier alpha value is -2.46. The third kappa shape index (κ3) is 3.29. The van der Waals surface area contributed by atoms with E-state index < -0.39 is 5.72 Å². The molecule has 0 radical (unpaired) electrons. The third-order valence-corrected chi connectivity index (χ3v) is 4.88. The fourth-order valence-corrected chi connectivity index (χ4v) is 3.19. The number of benzene rings is 2. The van der Waals surface area contributed by atoms with E-state index in [0.29, 0.717) is 24.0 Å². The molecular formula is C22H26N2O2. The molecule has 3 rings (SSSR count). The molecule has 4 nitrogen and oxygen atoms in total. The molecular weight excluding hydrogens is 324 g/mol. The van der Waals surface area contributed by atoms with E-state index in [1.54, 1.807) is 0 Å². The van der Waals surface area contributed by atoms with Gasteiger partial charge in [-0.05, 0) is 29.5 Å². The van der Waals surface area contributed by atoms with Crippen LogP contribution in [0.15, 0.2) is 59.7 Å². The largest absolute Gasteiger partial charge is 0.365 e. The predicted molar refractivity (Wildman–Crippen MR) is 104 cm³/mol. The van der Waals surface area contributed by atoms with Crippen molar-refractivity contribution in [1.29, 1.82) is 0 Å². The van der Waals surface area contributed by atoms with E-state index >= 15 is 0 Å². The van der Waals surface area contributed by atoms with Crippen LogP contribution in [0.25, 0.3) is 0 Å². The Kier molecular flexibility index (Phi) is 4.72. The summed E-state index contributed by atoms with van der Waals surface area (Å²) in [4.78, 5) is 13.1. The molecule has 0 spiro atoms. The number of hydrogen-bond donors (Lipinski definition) is 1.